The lowest BCUT2D eigenvalue weighted by molar-refractivity contribution is -0.384. The highest BCUT2D eigenvalue weighted by Gasteiger charge is 2.22. The summed E-state index contributed by atoms with van der Waals surface area (Å²) in [5.74, 6) is 0.0489. The number of ether oxygens (including phenoxy) is 6. The third-order valence-corrected chi connectivity index (χ3v) is 10.7. The molecular formula is C54H57N3O13. The fourth-order valence-electron chi connectivity index (χ4n) is 7.10. The number of aryl methyl sites for hydroxylation is 1. The number of hydrogen-bond donors (Lipinski definition) is 1. The minimum Gasteiger partial charge on any atom is -0.494 e. The summed E-state index contributed by atoms with van der Waals surface area (Å²) < 4.78 is 32.8. The third-order valence-electron chi connectivity index (χ3n) is 10.7. The topological polar surface area (TPSA) is 212 Å². The van der Waals surface area contributed by atoms with Crippen molar-refractivity contribution in [1.29, 1.82) is 0 Å². The first-order chi connectivity index (χ1) is 34.0. The van der Waals surface area contributed by atoms with Gasteiger partial charge in [-0.2, -0.15) is 10.2 Å². The van der Waals surface area contributed by atoms with E-state index in [0.29, 0.717) is 97.6 Å². The number of nitro groups is 1. The van der Waals surface area contributed by atoms with Crippen molar-refractivity contribution in [2.75, 3.05) is 33.0 Å². The highest BCUT2D eigenvalue weighted by atomic mass is 16.7. The molecule has 0 amide bonds. The van der Waals surface area contributed by atoms with Crippen LogP contribution < -0.4 is 14.2 Å². The molecule has 5 rings (SSSR count). The van der Waals surface area contributed by atoms with Crippen LogP contribution in [0.3, 0.4) is 0 Å². The van der Waals surface area contributed by atoms with Gasteiger partial charge in [0.15, 0.2) is 0 Å². The van der Waals surface area contributed by atoms with E-state index in [1.165, 1.54) is 24.3 Å². The average molecular weight is 956 g/mol. The molecule has 0 unspecified atom stereocenters. The van der Waals surface area contributed by atoms with Crippen molar-refractivity contribution in [3.05, 3.63) is 156 Å². The van der Waals surface area contributed by atoms with Crippen molar-refractivity contribution in [3.63, 3.8) is 0 Å². The summed E-state index contributed by atoms with van der Waals surface area (Å²) in [7, 11) is 0. The van der Waals surface area contributed by atoms with Crippen molar-refractivity contribution in [2.24, 2.45) is 10.2 Å². The van der Waals surface area contributed by atoms with E-state index in [9.17, 15) is 34.4 Å². The maximum Gasteiger partial charge on any atom is 0.513 e. The van der Waals surface area contributed by atoms with E-state index in [1.54, 1.807) is 30.3 Å². The quantitative estimate of drug-likeness (QED) is 0.00664. The summed E-state index contributed by atoms with van der Waals surface area (Å²) in [5, 5.41) is 28.8. The Kier molecular flexibility index (Phi) is 21.8. The third kappa shape index (κ3) is 18.2. The summed E-state index contributed by atoms with van der Waals surface area (Å²) in [6.45, 7) is 8.85. The van der Waals surface area contributed by atoms with Gasteiger partial charge in [-0.05, 0) is 165 Å². The molecule has 0 spiro atoms. The second kappa shape index (κ2) is 28.9. The maximum absolute atomic E-state index is 13.6. The van der Waals surface area contributed by atoms with Gasteiger partial charge >= 0.3 is 24.1 Å². The van der Waals surface area contributed by atoms with Crippen LogP contribution in [-0.2, 0) is 30.2 Å². The van der Waals surface area contributed by atoms with E-state index >= 15 is 0 Å². The van der Waals surface area contributed by atoms with E-state index in [1.807, 2.05) is 54.6 Å². The van der Waals surface area contributed by atoms with Gasteiger partial charge in [0.1, 0.15) is 17.2 Å². The molecule has 0 heterocycles. The predicted octanol–water partition coefficient (Wildman–Crippen LogP) is 12.9. The van der Waals surface area contributed by atoms with E-state index < -0.39 is 29.0 Å². The highest BCUT2D eigenvalue weighted by Crippen LogP contribution is 2.36. The second-order valence-corrected chi connectivity index (χ2v) is 15.8. The largest absolute Gasteiger partial charge is 0.513 e. The van der Waals surface area contributed by atoms with Crippen molar-refractivity contribution in [1.82, 2.24) is 0 Å². The number of unbranched alkanes of at least 4 members (excludes halogenated alkanes) is 7. The van der Waals surface area contributed by atoms with E-state index in [0.717, 1.165) is 74.6 Å². The standard InChI is InChI=1S/C54H57N3O13/c1-3-50(58)68-35-12-7-5-10-32-65-46-26-16-39(17-27-46)42-37-41(15-9-14-34-67-48-30-22-44(23-31-48)56-55-43-20-24-45(25-21-43)57(63)64)52(49(38-42)53(60)70-54(61)62)40-18-28-47(29-19-40)66-33-11-6-8-13-36-69-51(59)4-2/h3-4,16-31,37-38H,1-2,5-15,32-36H2,(H,61,62). The molecule has 0 saturated carbocycles. The van der Waals surface area contributed by atoms with E-state index in [2.05, 4.69) is 23.4 Å². The number of carboxylic acid groups (broad SMARTS) is 1. The number of nitro benzene ring substituents is 1. The van der Waals surface area contributed by atoms with Gasteiger partial charge in [-0.1, -0.05) is 43.5 Å². The Hall–Kier alpha value is -8.14. The molecule has 16 nitrogen and oxygen atoms in total. The van der Waals surface area contributed by atoms with Crippen LogP contribution in [0.5, 0.6) is 17.2 Å². The molecule has 0 radical (unpaired) electrons. The van der Waals surface area contributed by atoms with Crippen molar-refractivity contribution < 1.29 is 57.6 Å². The molecular weight excluding hydrogens is 899 g/mol. The summed E-state index contributed by atoms with van der Waals surface area (Å²) >= 11 is 0. The normalized spacial score (nSPS) is 10.8. The zero-order chi connectivity index (χ0) is 49.9. The number of carbonyl (C=O) groups is 4. The molecule has 366 valence electrons. The molecule has 70 heavy (non-hydrogen) atoms. The lowest BCUT2D eigenvalue weighted by Crippen LogP contribution is -2.13. The van der Waals surface area contributed by atoms with Crippen molar-refractivity contribution in [3.8, 4) is 39.5 Å². The minimum atomic E-state index is -1.72. The fourth-order valence-corrected chi connectivity index (χ4v) is 7.10. The predicted molar refractivity (Wildman–Crippen MR) is 263 cm³/mol. The van der Waals surface area contributed by atoms with E-state index in [4.69, 9.17) is 28.4 Å². The zero-order valence-corrected chi connectivity index (χ0v) is 39.0. The average Bonchev–Trinajstić information content (AvgIpc) is 3.37. The van der Waals surface area contributed by atoms with Crippen molar-refractivity contribution in [2.45, 2.75) is 70.6 Å². The molecule has 0 aliphatic carbocycles. The minimum absolute atomic E-state index is 0.0321. The molecule has 0 aromatic heterocycles. The summed E-state index contributed by atoms with van der Waals surface area (Å²) in [6.07, 6.45) is 9.04. The van der Waals surface area contributed by atoms with Crippen LogP contribution in [0, 0.1) is 10.1 Å². The van der Waals surface area contributed by atoms with Gasteiger partial charge in [0.05, 0.1) is 54.9 Å². The maximum atomic E-state index is 13.6. The monoisotopic (exact) mass is 955 g/mol. The first-order valence-corrected chi connectivity index (χ1v) is 23.1. The number of hydrogen-bond acceptors (Lipinski definition) is 14. The van der Waals surface area contributed by atoms with Gasteiger partial charge in [0.25, 0.3) is 5.69 Å². The Labute approximate surface area is 406 Å². The van der Waals surface area contributed by atoms with Gasteiger partial charge in [0, 0.05) is 24.3 Å². The number of nitrogens with zero attached hydrogens (tertiary/aromatic N) is 3. The molecule has 0 atom stereocenters. The van der Waals surface area contributed by atoms with Gasteiger partial charge in [-0.25, -0.2) is 19.2 Å². The molecule has 1 N–H and O–H groups in total. The number of benzene rings is 5. The Morgan fingerprint density at radius 3 is 1.43 bits per heavy atom. The number of non-ortho nitro benzene ring substituents is 1. The lowest BCUT2D eigenvalue weighted by Gasteiger charge is -2.18. The highest BCUT2D eigenvalue weighted by molar-refractivity contribution is 6.03. The number of rotatable bonds is 30. The van der Waals surface area contributed by atoms with Crippen molar-refractivity contribution >= 4 is 41.1 Å². The zero-order valence-electron chi connectivity index (χ0n) is 39.0. The fraction of sp³-hybridized carbons (Fsp3) is 0.296. The summed E-state index contributed by atoms with van der Waals surface area (Å²) in [4.78, 5) is 58.3. The van der Waals surface area contributed by atoms with Gasteiger partial charge in [-0.15, -0.1) is 0 Å². The SMILES string of the molecule is C=CC(=O)OCCCCCCOc1ccc(-c2cc(CCCCOc3ccc(N=Nc4ccc([N+](=O)[O-])cc4)cc3)c(-c3ccc(OCCCCCCOC(=O)C=C)cc3)c(C(=O)OC(=O)O)c2)cc1. The molecule has 0 saturated heterocycles. The molecule has 0 aliphatic heterocycles. The van der Waals surface area contributed by atoms with Crippen LogP contribution in [0.4, 0.5) is 21.9 Å². The van der Waals surface area contributed by atoms with Gasteiger partial charge in [-0.3, -0.25) is 10.1 Å². The molecule has 16 heteroatoms. The first-order valence-electron chi connectivity index (χ1n) is 23.1. The summed E-state index contributed by atoms with van der Waals surface area (Å²) in [6, 6.07) is 31.2. The Bertz CT molecular complexity index is 2540. The second-order valence-electron chi connectivity index (χ2n) is 15.8. The van der Waals surface area contributed by atoms with Gasteiger partial charge in [0.2, 0.25) is 0 Å². The smallest absolute Gasteiger partial charge is 0.494 e. The van der Waals surface area contributed by atoms with Crippen LogP contribution >= 0.6 is 0 Å². The van der Waals surface area contributed by atoms with Crippen LogP contribution in [-0.4, -0.2) is 67.1 Å². The van der Waals surface area contributed by atoms with Gasteiger partial charge < -0.3 is 33.5 Å². The van der Waals surface area contributed by atoms with E-state index in [-0.39, 0.29) is 11.3 Å². The number of carbonyl (C=O) groups excluding carboxylic acids is 3. The molecule has 0 aliphatic rings. The molecule has 5 aromatic rings. The molecule has 0 fully saturated rings. The first kappa shape index (κ1) is 52.8. The van der Waals surface area contributed by atoms with Crippen LogP contribution in [0.1, 0.15) is 80.1 Å². The lowest BCUT2D eigenvalue weighted by atomic mass is 9.88. The van der Waals surface area contributed by atoms with Crippen LogP contribution in [0.15, 0.2) is 145 Å². The number of esters is 3. The number of azo groups is 1. The molecule has 5 aromatic carbocycles. The van der Waals surface area contributed by atoms with Crippen LogP contribution in [0.25, 0.3) is 22.3 Å². The Balaban J connectivity index is 1.27. The Morgan fingerprint density at radius 1 is 0.543 bits per heavy atom. The Morgan fingerprint density at radius 2 is 0.971 bits per heavy atom. The summed E-state index contributed by atoms with van der Waals surface area (Å²) in [5.41, 5.74) is 4.57. The molecule has 0 bridgehead atoms. The van der Waals surface area contributed by atoms with Crippen LogP contribution in [0.2, 0.25) is 0 Å².